The van der Waals surface area contributed by atoms with Gasteiger partial charge >= 0.3 is 0 Å². The fraction of sp³-hybridized carbons (Fsp3) is 0.267. The van der Waals surface area contributed by atoms with Gasteiger partial charge in [0.2, 0.25) is 0 Å². The number of carbonyl (C=O) groups excluding carboxylic acids is 1. The van der Waals surface area contributed by atoms with Crippen molar-refractivity contribution in [1.82, 2.24) is 5.32 Å². The normalized spacial score (nSPS) is 9.81. The van der Waals surface area contributed by atoms with Gasteiger partial charge < -0.3 is 20.2 Å². The largest absolute Gasteiger partial charge is 0.492 e. The molecule has 3 N–H and O–H groups in total. The van der Waals surface area contributed by atoms with Gasteiger partial charge in [-0.1, -0.05) is 12.1 Å². The quantitative estimate of drug-likeness (QED) is 0.802. The lowest BCUT2D eigenvalue weighted by Crippen LogP contribution is -2.27. The van der Waals surface area contributed by atoms with Crippen LogP contribution in [0.1, 0.15) is 21.7 Å². The first-order valence-corrected chi connectivity index (χ1v) is 6.44. The van der Waals surface area contributed by atoms with Crippen molar-refractivity contribution in [2.75, 3.05) is 13.2 Å². The molecule has 0 atom stereocenters. The summed E-state index contributed by atoms with van der Waals surface area (Å²) in [6.45, 7) is 3.12. The second-order valence-corrected chi connectivity index (χ2v) is 4.43. The maximum Gasteiger partial charge on any atom is 0.254 e. The summed E-state index contributed by atoms with van der Waals surface area (Å²) < 4.78 is 10.6. The molecule has 0 radical (unpaired) electrons. The minimum absolute atomic E-state index is 0. The fourth-order valence-corrected chi connectivity index (χ4v) is 1.75. The molecule has 0 bridgehead atoms. The van der Waals surface area contributed by atoms with Crippen molar-refractivity contribution < 1.29 is 13.9 Å². The number of hydrogen-bond acceptors (Lipinski definition) is 4. The van der Waals surface area contributed by atoms with Crippen LogP contribution in [-0.2, 0) is 6.54 Å². The van der Waals surface area contributed by atoms with Crippen LogP contribution in [0.15, 0.2) is 41.0 Å². The van der Waals surface area contributed by atoms with E-state index >= 15 is 0 Å². The second kappa shape index (κ2) is 8.34. The van der Waals surface area contributed by atoms with E-state index in [1.54, 1.807) is 6.07 Å². The third-order valence-corrected chi connectivity index (χ3v) is 2.76. The molecule has 0 saturated heterocycles. The number of hydrogen-bond donors (Lipinski definition) is 2. The number of nitrogens with one attached hydrogen (secondary N) is 1. The molecule has 1 amide bonds. The molecule has 114 valence electrons. The summed E-state index contributed by atoms with van der Waals surface area (Å²) in [5.41, 5.74) is 7.03. The van der Waals surface area contributed by atoms with Crippen molar-refractivity contribution in [3.05, 3.63) is 53.5 Å². The zero-order chi connectivity index (χ0) is 14.4. The van der Waals surface area contributed by atoms with E-state index in [0.717, 1.165) is 11.3 Å². The van der Waals surface area contributed by atoms with Crippen molar-refractivity contribution in [2.45, 2.75) is 13.5 Å². The zero-order valence-electron chi connectivity index (χ0n) is 11.8. The molecule has 0 saturated carbocycles. The first-order chi connectivity index (χ1) is 9.69. The van der Waals surface area contributed by atoms with Crippen LogP contribution in [0.3, 0.4) is 0 Å². The summed E-state index contributed by atoms with van der Waals surface area (Å²) in [7, 11) is 0. The maximum absolute atomic E-state index is 11.8. The van der Waals surface area contributed by atoms with Crippen molar-refractivity contribution in [3.8, 4) is 5.75 Å². The van der Waals surface area contributed by atoms with Crippen molar-refractivity contribution in [1.29, 1.82) is 0 Å². The van der Waals surface area contributed by atoms with Crippen LogP contribution in [0.25, 0.3) is 0 Å². The SMILES string of the molecule is Cc1cccc(OCCNC(=O)c2coc(CN)c2)c1.Cl. The Labute approximate surface area is 129 Å². The molecule has 0 aliphatic carbocycles. The summed E-state index contributed by atoms with van der Waals surface area (Å²) >= 11 is 0. The number of nitrogens with two attached hydrogens (primary N) is 1. The molecule has 0 unspecified atom stereocenters. The topological polar surface area (TPSA) is 77.5 Å². The van der Waals surface area contributed by atoms with Gasteiger partial charge in [-0.3, -0.25) is 4.79 Å². The van der Waals surface area contributed by atoms with Crippen LogP contribution in [0.4, 0.5) is 0 Å². The number of halogens is 1. The Morgan fingerprint density at radius 2 is 2.19 bits per heavy atom. The number of amides is 1. The Morgan fingerprint density at radius 3 is 2.86 bits per heavy atom. The van der Waals surface area contributed by atoms with E-state index in [1.807, 2.05) is 31.2 Å². The van der Waals surface area contributed by atoms with Crippen molar-refractivity contribution in [2.24, 2.45) is 5.73 Å². The Morgan fingerprint density at radius 1 is 1.38 bits per heavy atom. The lowest BCUT2D eigenvalue weighted by Gasteiger charge is -2.07. The lowest BCUT2D eigenvalue weighted by molar-refractivity contribution is 0.0946. The number of ether oxygens (including phenoxy) is 1. The smallest absolute Gasteiger partial charge is 0.254 e. The van der Waals surface area contributed by atoms with E-state index < -0.39 is 0 Å². The average molecular weight is 311 g/mol. The number of rotatable bonds is 6. The fourth-order valence-electron chi connectivity index (χ4n) is 1.75. The van der Waals surface area contributed by atoms with E-state index in [9.17, 15) is 4.79 Å². The van der Waals surface area contributed by atoms with Gasteiger partial charge in [-0.05, 0) is 30.7 Å². The van der Waals surface area contributed by atoms with Crippen molar-refractivity contribution in [3.63, 3.8) is 0 Å². The molecule has 6 heteroatoms. The molecule has 0 fully saturated rings. The van der Waals surface area contributed by atoms with E-state index in [0.29, 0.717) is 24.5 Å². The minimum atomic E-state index is -0.193. The summed E-state index contributed by atoms with van der Waals surface area (Å²) in [6, 6.07) is 9.41. The standard InChI is InChI=1S/C15H18N2O3.ClH/c1-11-3-2-4-13(7-11)19-6-5-17-15(18)12-8-14(9-16)20-10-12;/h2-4,7-8,10H,5-6,9,16H2,1H3,(H,17,18);1H. The number of aryl methyl sites for hydroxylation is 1. The molecular weight excluding hydrogens is 292 g/mol. The van der Waals surface area contributed by atoms with Gasteiger partial charge in [0.1, 0.15) is 24.4 Å². The van der Waals surface area contributed by atoms with E-state index in [4.69, 9.17) is 14.9 Å². The Balaban J connectivity index is 0.00000220. The average Bonchev–Trinajstić information content (AvgIpc) is 2.92. The van der Waals surface area contributed by atoms with E-state index in [2.05, 4.69) is 5.32 Å². The van der Waals surface area contributed by atoms with Crippen LogP contribution >= 0.6 is 12.4 Å². The Kier molecular flexibility index (Phi) is 6.78. The predicted molar refractivity (Wildman–Crippen MR) is 82.9 cm³/mol. The number of furan rings is 1. The van der Waals surface area contributed by atoms with Gasteiger partial charge in [0.15, 0.2) is 0 Å². The highest BCUT2D eigenvalue weighted by atomic mass is 35.5. The van der Waals surface area contributed by atoms with Gasteiger partial charge in [0.25, 0.3) is 5.91 Å². The third-order valence-electron chi connectivity index (χ3n) is 2.76. The first-order valence-electron chi connectivity index (χ1n) is 6.44. The second-order valence-electron chi connectivity index (χ2n) is 4.43. The summed E-state index contributed by atoms with van der Waals surface area (Å²) in [6.07, 6.45) is 1.40. The van der Waals surface area contributed by atoms with Crippen molar-refractivity contribution >= 4 is 18.3 Å². The van der Waals surface area contributed by atoms with Crippen LogP contribution in [0, 0.1) is 6.92 Å². The third kappa shape index (κ3) is 5.13. The van der Waals surface area contributed by atoms with Gasteiger partial charge in [-0.25, -0.2) is 0 Å². The highest BCUT2D eigenvalue weighted by molar-refractivity contribution is 5.93. The van der Waals surface area contributed by atoms with Gasteiger partial charge in [0.05, 0.1) is 18.7 Å². The predicted octanol–water partition coefficient (Wildman–Crippen LogP) is 2.28. The minimum Gasteiger partial charge on any atom is -0.492 e. The Hall–Kier alpha value is -1.98. The number of benzene rings is 1. The van der Waals surface area contributed by atoms with Gasteiger partial charge in [-0.2, -0.15) is 0 Å². The molecular formula is C15H19ClN2O3. The van der Waals surface area contributed by atoms with Crippen LogP contribution in [-0.4, -0.2) is 19.1 Å². The molecule has 2 aromatic rings. The summed E-state index contributed by atoms with van der Waals surface area (Å²) in [5, 5.41) is 2.76. The molecule has 5 nitrogen and oxygen atoms in total. The van der Waals surface area contributed by atoms with Crippen LogP contribution in [0.2, 0.25) is 0 Å². The molecule has 1 aromatic heterocycles. The molecule has 2 rings (SSSR count). The molecule has 0 spiro atoms. The lowest BCUT2D eigenvalue weighted by atomic mass is 10.2. The Bertz CT molecular complexity index is 584. The maximum atomic E-state index is 11.8. The van der Waals surface area contributed by atoms with Gasteiger partial charge in [0, 0.05) is 0 Å². The highest BCUT2D eigenvalue weighted by Crippen LogP contribution is 2.11. The van der Waals surface area contributed by atoms with Gasteiger partial charge in [-0.15, -0.1) is 12.4 Å². The highest BCUT2D eigenvalue weighted by Gasteiger charge is 2.08. The monoisotopic (exact) mass is 310 g/mol. The summed E-state index contributed by atoms with van der Waals surface area (Å²) in [5.74, 6) is 1.19. The van der Waals surface area contributed by atoms with E-state index in [-0.39, 0.29) is 24.9 Å². The molecule has 21 heavy (non-hydrogen) atoms. The van der Waals surface area contributed by atoms with E-state index in [1.165, 1.54) is 6.26 Å². The van der Waals surface area contributed by atoms with Crippen LogP contribution in [0.5, 0.6) is 5.75 Å². The number of carbonyl (C=O) groups is 1. The zero-order valence-corrected chi connectivity index (χ0v) is 12.6. The molecule has 1 aromatic carbocycles. The molecule has 1 heterocycles. The molecule has 0 aliphatic heterocycles. The van der Waals surface area contributed by atoms with Crippen LogP contribution < -0.4 is 15.8 Å². The summed E-state index contributed by atoms with van der Waals surface area (Å²) in [4.78, 5) is 11.8. The first kappa shape index (κ1) is 17.1. The molecule has 0 aliphatic rings.